The lowest BCUT2D eigenvalue weighted by molar-refractivity contribution is 0.277. The van der Waals surface area contributed by atoms with Crippen LogP contribution in [0.15, 0.2) is 46.0 Å². The third kappa shape index (κ3) is 3.43. The molecule has 28 heavy (non-hydrogen) atoms. The predicted octanol–water partition coefficient (Wildman–Crippen LogP) is 3.62. The van der Waals surface area contributed by atoms with Crippen LogP contribution in [0.4, 0.5) is 5.13 Å². The number of fused-ring (bicyclic) bond motifs is 4. The van der Waals surface area contributed by atoms with Gasteiger partial charge >= 0.3 is 0 Å². The van der Waals surface area contributed by atoms with Gasteiger partial charge in [-0.15, -0.1) is 22.7 Å². The Hall–Kier alpha value is -1.96. The lowest BCUT2D eigenvalue weighted by Crippen LogP contribution is -2.47. The Bertz CT molecular complexity index is 996. The van der Waals surface area contributed by atoms with Gasteiger partial charge in [0.2, 0.25) is 0 Å². The van der Waals surface area contributed by atoms with Crippen molar-refractivity contribution >= 4 is 27.8 Å². The van der Waals surface area contributed by atoms with E-state index in [1.807, 2.05) is 11.6 Å². The second-order valence-corrected chi connectivity index (χ2v) is 9.87. The molecule has 0 aliphatic carbocycles. The minimum absolute atomic E-state index is 0.202. The van der Waals surface area contributed by atoms with Gasteiger partial charge in [-0.3, -0.25) is 9.69 Å². The second kappa shape index (κ2) is 7.46. The van der Waals surface area contributed by atoms with Crippen LogP contribution < -0.4 is 10.5 Å². The molecule has 2 aliphatic heterocycles. The number of aromatic nitrogens is 2. The lowest BCUT2D eigenvalue weighted by atomic mass is 9.83. The Morgan fingerprint density at radius 2 is 2.07 bits per heavy atom. The Labute approximate surface area is 172 Å². The zero-order valence-corrected chi connectivity index (χ0v) is 17.6. The molecule has 0 amide bonds. The molecule has 0 spiro atoms. The minimum atomic E-state index is 0.202. The summed E-state index contributed by atoms with van der Waals surface area (Å²) in [7, 11) is 2.09. The minimum Gasteiger partial charge on any atom is -0.347 e. The van der Waals surface area contributed by atoms with Crippen molar-refractivity contribution in [2.75, 3.05) is 25.0 Å². The molecule has 0 N–H and O–H groups in total. The summed E-state index contributed by atoms with van der Waals surface area (Å²) >= 11 is 3.47. The van der Waals surface area contributed by atoms with E-state index in [1.54, 1.807) is 22.7 Å². The fourth-order valence-corrected chi connectivity index (χ4v) is 6.10. The number of nitrogens with zero attached hydrogens (tertiary/aromatic N) is 4. The zero-order valence-electron chi connectivity index (χ0n) is 16.0. The van der Waals surface area contributed by atoms with Gasteiger partial charge in [0, 0.05) is 66.4 Å². The maximum absolute atomic E-state index is 13.2. The summed E-state index contributed by atoms with van der Waals surface area (Å²) in [4.78, 5) is 23.7. The smallest absolute Gasteiger partial charge is 0.255 e. The quantitative estimate of drug-likeness (QED) is 0.642. The number of thiophene rings is 1. The number of hydrogen-bond donors (Lipinski definition) is 0. The van der Waals surface area contributed by atoms with Crippen LogP contribution in [0.2, 0.25) is 0 Å². The molecule has 146 valence electrons. The molecule has 5 rings (SSSR count). The number of rotatable bonds is 5. The number of thiazole rings is 1. The normalized spacial score (nSPS) is 21.1. The molecule has 0 unspecified atom stereocenters. The van der Waals surface area contributed by atoms with Crippen molar-refractivity contribution in [3.63, 3.8) is 0 Å². The van der Waals surface area contributed by atoms with Crippen molar-refractivity contribution in [3.05, 3.63) is 67.7 Å². The summed E-state index contributed by atoms with van der Waals surface area (Å²) in [5.74, 6) is 0.939. The average molecular weight is 413 g/mol. The molecule has 7 heteroatoms. The van der Waals surface area contributed by atoms with Crippen LogP contribution >= 0.6 is 22.7 Å². The van der Waals surface area contributed by atoms with Crippen molar-refractivity contribution in [2.24, 2.45) is 5.92 Å². The van der Waals surface area contributed by atoms with Crippen LogP contribution in [0.25, 0.3) is 0 Å². The van der Waals surface area contributed by atoms with Gasteiger partial charge in [-0.2, -0.15) is 0 Å². The van der Waals surface area contributed by atoms with E-state index in [0.29, 0.717) is 18.4 Å². The van der Waals surface area contributed by atoms with E-state index in [0.717, 1.165) is 36.9 Å². The van der Waals surface area contributed by atoms with E-state index < -0.39 is 0 Å². The second-order valence-electron chi connectivity index (χ2n) is 7.97. The molecule has 0 aromatic carbocycles. The highest BCUT2D eigenvalue weighted by Gasteiger charge is 2.35. The first kappa shape index (κ1) is 18.1. The van der Waals surface area contributed by atoms with Gasteiger partial charge in [0.25, 0.3) is 5.56 Å². The van der Waals surface area contributed by atoms with Crippen molar-refractivity contribution in [1.82, 2.24) is 14.5 Å². The molecule has 1 saturated heterocycles. The van der Waals surface area contributed by atoms with Gasteiger partial charge in [-0.05, 0) is 36.9 Å². The Morgan fingerprint density at radius 3 is 2.86 bits per heavy atom. The maximum Gasteiger partial charge on any atom is 0.255 e. The highest BCUT2D eigenvalue weighted by atomic mass is 32.1. The summed E-state index contributed by atoms with van der Waals surface area (Å²) in [6.07, 6.45) is 3.06. The monoisotopic (exact) mass is 412 g/mol. The molecule has 1 fully saturated rings. The third-order valence-electron chi connectivity index (χ3n) is 5.82. The standard InChI is InChI=1S/C21H24N4OS2/c1-23(14-18-3-2-7-27-18)12-16-4-5-19-17-9-15(11-25(19)20(16)26)10-24(13-17)21-22-6-8-28-21/h2-8,15,17H,9-14H2,1H3/t15-,17+/m0/s1. The van der Waals surface area contributed by atoms with Crippen molar-refractivity contribution < 1.29 is 0 Å². The third-order valence-corrected chi connectivity index (χ3v) is 7.51. The van der Waals surface area contributed by atoms with E-state index >= 15 is 0 Å². The van der Waals surface area contributed by atoms with E-state index in [4.69, 9.17) is 0 Å². The van der Waals surface area contributed by atoms with Crippen LogP contribution in [0.1, 0.15) is 28.5 Å². The van der Waals surface area contributed by atoms with Gasteiger partial charge in [-0.1, -0.05) is 12.1 Å². The van der Waals surface area contributed by atoms with Gasteiger partial charge in [0.05, 0.1) is 0 Å². The van der Waals surface area contributed by atoms with Crippen LogP contribution in [0.3, 0.4) is 0 Å². The van der Waals surface area contributed by atoms with Crippen LogP contribution in [-0.2, 0) is 19.6 Å². The molecule has 3 aromatic rings. The van der Waals surface area contributed by atoms with Crippen LogP contribution in [0.5, 0.6) is 0 Å². The molecule has 2 bridgehead atoms. The molecule has 0 saturated carbocycles. The fraction of sp³-hybridized carbons (Fsp3) is 0.429. The van der Waals surface area contributed by atoms with Gasteiger partial charge in [0.1, 0.15) is 0 Å². The highest BCUT2D eigenvalue weighted by Crippen LogP contribution is 2.37. The Balaban J connectivity index is 1.37. The number of pyridine rings is 1. The molecule has 2 atom stereocenters. The van der Waals surface area contributed by atoms with Crippen LogP contribution in [-0.4, -0.2) is 34.6 Å². The molecular weight excluding hydrogens is 388 g/mol. The summed E-state index contributed by atoms with van der Waals surface area (Å²) in [6, 6.07) is 8.48. The first-order valence-corrected chi connectivity index (χ1v) is 11.5. The Kier molecular flexibility index (Phi) is 4.82. The fourth-order valence-electron chi connectivity index (χ4n) is 4.65. The molecule has 0 radical (unpaired) electrons. The summed E-state index contributed by atoms with van der Waals surface area (Å²) < 4.78 is 2.06. The number of hydrogen-bond acceptors (Lipinski definition) is 6. The highest BCUT2D eigenvalue weighted by molar-refractivity contribution is 7.13. The summed E-state index contributed by atoms with van der Waals surface area (Å²) in [6.45, 7) is 4.36. The number of piperidine rings is 1. The molecule has 5 nitrogen and oxygen atoms in total. The van der Waals surface area contributed by atoms with Gasteiger partial charge < -0.3 is 9.47 Å². The van der Waals surface area contributed by atoms with Crippen LogP contribution in [0, 0.1) is 5.92 Å². The van der Waals surface area contributed by atoms with E-state index in [1.165, 1.54) is 17.0 Å². The van der Waals surface area contributed by atoms with E-state index in [2.05, 4.69) is 56.0 Å². The maximum atomic E-state index is 13.2. The van der Waals surface area contributed by atoms with Crippen molar-refractivity contribution in [1.29, 1.82) is 0 Å². The van der Waals surface area contributed by atoms with Gasteiger partial charge in [0.15, 0.2) is 5.13 Å². The number of anilines is 1. The topological polar surface area (TPSA) is 41.4 Å². The summed E-state index contributed by atoms with van der Waals surface area (Å²) in [5.41, 5.74) is 2.31. The SMILES string of the molecule is CN(Cc1cccs1)Cc1ccc2n(c1=O)C[C@H]1C[C@@H]2CN(c2nccs2)C1. The average Bonchev–Trinajstić information content (AvgIpc) is 3.38. The largest absolute Gasteiger partial charge is 0.347 e. The first-order chi connectivity index (χ1) is 13.7. The van der Waals surface area contributed by atoms with Crippen molar-refractivity contribution in [3.8, 4) is 0 Å². The first-order valence-electron chi connectivity index (χ1n) is 9.75. The molecule has 2 aliphatic rings. The van der Waals surface area contributed by atoms with E-state index in [-0.39, 0.29) is 5.56 Å². The lowest BCUT2D eigenvalue weighted by Gasteiger charge is -2.42. The molecule has 3 aromatic heterocycles. The Morgan fingerprint density at radius 1 is 1.14 bits per heavy atom. The van der Waals surface area contributed by atoms with Gasteiger partial charge in [-0.25, -0.2) is 4.98 Å². The molecular formula is C21H24N4OS2. The predicted molar refractivity (Wildman–Crippen MR) is 115 cm³/mol. The zero-order chi connectivity index (χ0) is 19.1. The van der Waals surface area contributed by atoms with Crippen molar-refractivity contribution in [2.45, 2.75) is 32.0 Å². The summed E-state index contributed by atoms with van der Waals surface area (Å²) in [5, 5.41) is 5.25. The molecule has 5 heterocycles. The van der Waals surface area contributed by atoms with E-state index in [9.17, 15) is 4.79 Å².